The minimum Gasteiger partial charge on any atom is -0.495 e. The molecule has 1 aromatic rings. The van der Waals surface area contributed by atoms with Crippen LogP contribution in [0.4, 0.5) is 5.69 Å². The third kappa shape index (κ3) is 2.24. The Morgan fingerprint density at radius 1 is 1.57 bits per heavy atom. The molecule has 0 aliphatic carbocycles. The number of alkyl halides is 1. The molecule has 4 nitrogen and oxygen atoms in total. The van der Waals surface area contributed by atoms with Gasteiger partial charge in [-0.1, -0.05) is 15.9 Å². The molecule has 0 N–H and O–H groups in total. The molecule has 0 saturated heterocycles. The number of hydrogen-bond acceptors (Lipinski definition) is 3. The van der Waals surface area contributed by atoms with Gasteiger partial charge in [-0.25, -0.2) is 0 Å². The van der Waals surface area contributed by atoms with Crippen LogP contribution in [0, 0.1) is 10.1 Å². The van der Waals surface area contributed by atoms with E-state index < -0.39 is 4.92 Å². The summed E-state index contributed by atoms with van der Waals surface area (Å²) >= 11 is 6.45. The summed E-state index contributed by atoms with van der Waals surface area (Å²) in [5.74, 6) is 0.460. The van der Waals surface area contributed by atoms with Crippen molar-refractivity contribution in [1.29, 1.82) is 0 Å². The van der Waals surface area contributed by atoms with Gasteiger partial charge in [-0.05, 0) is 22.0 Å². The van der Waals surface area contributed by atoms with Crippen molar-refractivity contribution in [3.05, 3.63) is 32.3 Å². The molecule has 0 atom stereocenters. The standard InChI is InChI=1S/C8H7Br2NO3/c1-14-8-3-7(11(12)13)5(4-9)2-6(8)10/h2-3H,4H2,1H3. The number of benzene rings is 1. The first-order valence-corrected chi connectivity index (χ1v) is 5.58. The zero-order valence-electron chi connectivity index (χ0n) is 7.29. The van der Waals surface area contributed by atoms with E-state index in [1.165, 1.54) is 13.2 Å². The summed E-state index contributed by atoms with van der Waals surface area (Å²) in [6, 6.07) is 3.08. The molecule has 0 unspecified atom stereocenters. The Kier molecular flexibility index (Phi) is 3.88. The van der Waals surface area contributed by atoms with Crippen molar-refractivity contribution < 1.29 is 9.66 Å². The van der Waals surface area contributed by atoms with Crippen LogP contribution in [0.25, 0.3) is 0 Å². The van der Waals surface area contributed by atoms with E-state index in [4.69, 9.17) is 4.74 Å². The number of rotatable bonds is 3. The maximum absolute atomic E-state index is 10.7. The number of nitro benzene ring substituents is 1. The zero-order chi connectivity index (χ0) is 10.7. The van der Waals surface area contributed by atoms with E-state index in [9.17, 15) is 10.1 Å². The van der Waals surface area contributed by atoms with E-state index in [2.05, 4.69) is 31.9 Å². The molecule has 0 radical (unpaired) electrons. The first-order valence-electron chi connectivity index (χ1n) is 3.67. The molecule has 1 rings (SSSR count). The van der Waals surface area contributed by atoms with Crippen LogP contribution in [0.5, 0.6) is 5.75 Å². The van der Waals surface area contributed by atoms with Crippen LogP contribution in [0.15, 0.2) is 16.6 Å². The number of nitro groups is 1. The second-order valence-corrected chi connectivity index (χ2v) is 3.92. The third-order valence-corrected chi connectivity index (χ3v) is 2.92. The Hall–Kier alpha value is -0.620. The maximum Gasteiger partial charge on any atom is 0.277 e. The van der Waals surface area contributed by atoms with Crippen molar-refractivity contribution in [2.45, 2.75) is 5.33 Å². The average Bonchev–Trinajstić information content (AvgIpc) is 2.16. The summed E-state index contributed by atoms with van der Waals surface area (Å²) in [7, 11) is 1.47. The maximum atomic E-state index is 10.7. The molecule has 0 aromatic heterocycles. The lowest BCUT2D eigenvalue weighted by atomic mass is 10.2. The van der Waals surface area contributed by atoms with Gasteiger partial charge in [0.05, 0.1) is 22.6 Å². The van der Waals surface area contributed by atoms with Crippen LogP contribution >= 0.6 is 31.9 Å². The van der Waals surface area contributed by atoms with Gasteiger partial charge in [0.1, 0.15) is 5.75 Å². The Bertz CT molecular complexity index is 368. The topological polar surface area (TPSA) is 52.4 Å². The molecule has 0 aliphatic heterocycles. The van der Waals surface area contributed by atoms with Crippen LogP contribution in [-0.4, -0.2) is 12.0 Å². The first-order chi connectivity index (χ1) is 6.60. The molecular weight excluding hydrogens is 318 g/mol. The fourth-order valence-corrected chi connectivity index (χ4v) is 2.02. The highest BCUT2D eigenvalue weighted by Gasteiger charge is 2.16. The van der Waals surface area contributed by atoms with E-state index in [0.717, 1.165) is 0 Å². The van der Waals surface area contributed by atoms with Gasteiger partial charge in [0.15, 0.2) is 0 Å². The van der Waals surface area contributed by atoms with Gasteiger partial charge in [-0.15, -0.1) is 0 Å². The Morgan fingerprint density at radius 2 is 2.21 bits per heavy atom. The predicted molar refractivity (Wildman–Crippen MR) is 60.0 cm³/mol. The third-order valence-electron chi connectivity index (χ3n) is 1.69. The van der Waals surface area contributed by atoms with E-state index in [-0.39, 0.29) is 5.69 Å². The summed E-state index contributed by atoms with van der Waals surface area (Å²) in [6.07, 6.45) is 0. The second kappa shape index (κ2) is 4.75. The van der Waals surface area contributed by atoms with Gasteiger partial charge >= 0.3 is 0 Å². The van der Waals surface area contributed by atoms with Crippen molar-refractivity contribution in [1.82, 2.24) is 0 Å². The SMILES string of the molecule is COc1cc([N+](=O)[O-])c(CBr)cc1Br. The van der Waals surface area contributed by atoms with Crippen LogP contribution in [0.1, 0.15) is 5.56 Å². The second-order valence-electron chi connectivity index (χ2n) is 2.51. The summed E-state index contributed by atoms with van der Waals surface area (Å²) in [5, 5.41) is 11.1. The summed E-state index contributed by atoms with van der Waals surface area (Å²) in [6.45, 7) is 0. The first kappa shape index (κ1) is 11.5. The molecule has 0 amide bonds. The van der Waals surface area contributed by atoms with Crippen molar-refractivity contribution in [2.75, 3.05) is 7.11 Å². The molecule has 0 fully saturated rings. The molecule has 6 heteroatoms. The number of hydrogen-bond donors (Lipinski definition) is 0. The Balaban J connectivity index is 3.32. The molecule has 14 heavy (non-hydrogen) atoms. The molecule has 0 aliphatic rings. The van der Waals surface area contributed by atoms with Crippen molar-refractivity contribution in [3.8, 4) is 5.75 Å². The highest BCUT2D eigenvalue weighted by molar-refractivity contribution is 9.10. The quantitative estimate of drug-likeness (QED) is 0.487. The highest BCUT2D eigenvalue weighted by Crippen LogP contribution is 2.33. The van der Waals surface area contributed by atoms with E-state index in [1.807, 2.05) is 0 Å². The van der Waals surface area contributed by atoms with Crippen LogP contribution in [0.3, 0.4) is 0 Å². The molecule has 0 bridgehead atoms. The van der Waals surface area contributed by atoms with E-state index >= 15 is 0 Å². The average molecular weight is 325 g/mol. The number of nitrogens with zero attached hydrogens (tertiary/aromatic N) is 1. The Morgan fingerprint density at radius 3 is 2.64 bits per heavy atom. The Labute approximate surface area is 97.7 Å². The minimum atomic E-state index is -0.425. The van der Waals surface area contributed by atoms with Crippen molar-refractivity contribution in [2.24, 2.45) is 0 Å². The highest BCUT2D eigenvalue weighted by atomic mass is 79.9. The van der Waals surface area contributed by atoms with Gasteiger partial charge in [0.2, 0.25) is 0 Å². The summed E-state index contributed by atoms with van der Waals surface area (Å²) in [5.41, 5.74) is 0.671. The van der Waals surface area contributed by atoms with Gasteiger partial charge in [-0.2, -0.15) is 0 Å². The molecule has 0 heterocycles. The van der Waals surface area contributed by atoms with E-state index in [1.54, 1.807) is 6.07 Å². The minimum absolute atomic E-state index is 0.0573. The molecule has 76 valence electrons. The van der Waals surface area contributed by atoms with Crippen molar-refractivity contribution in [3.63, 3.8) is 0 Å². The number of ether oxygens (including phenoxy) is 1. The normalized spacial score (nSPS) is 9.93. The lowest BCUT2D eigenvalue weighted by molar-refractivity contribution is -0.385. The number of halogens is 2. The van der Waals surface area contributed by atoms with E-state index in [0.29, 0.717) is 21.1 Å². The smallest absolute Gasteiger partial charge is 0.277 e. The van der Waals surface area contributed by atoms with Gasteiger partial charge < -0.3 is 4.74 Å². The largest absolute Gasteiger partial charge is 0.495 e. The van der Waals surface area contributed by atoms with Crippen molar-refractivity contribution >= 4 is 37.5 Å². The fraction of sp³-hybridized carbons (Fsp3) is 0.250. The lowest BCUT2D eigenvalue weighted by Crippen LogP contribution is -1.95. The van der Waals surface area contributed by atoms with Crippen LogP contribution in [-0.2, 0) is 5.33 Å². The van der Waals surface area contributed by atoms with Crippen LogP contribution < -0.4 is 4.74 Å². The van der Waals surface area contributed by atoms with Crippen LogP contribution in [0.2, 0.25) is 0 Å². The molecule has 1 aromatic carbocycles. The van der Waals surface area contributed by atoms with Gasteiger partial charge in [0, 0.05) is 10.9 Å². The lowest BCUT2D eigenvalue weighted by Gasteiger charge is -2.05. The van der Waals surface area contributed by atoms with Gasteiger partial charge in [-0.3, -0.25) is 10.1 Å². The summed E-state index contributed by atoms with van der Waals surface area (Å²) in [4.78, 5) is 10.2. The molecule has 0 saturated carbocycles. The summed E-state index contributed by atoms with van der Waals surface area (Å²) < 4.78 is 5.68. The monoisotopic (exact) mass is 323 g/mol. The molecule has 0 spiro atoms. The number of methoxy groups -OCH3 is 1. The predicted octanol–water partition coefficient (Wildman–Crippen LogP) is 3.26. The fourth-order valence-electron chi connectivity index (χ4n) is 1.02. The molecular formula is C8H7Br2NO3. The zero-order valence-corrected chi connectivity index (χ0v) is 10.5. The van der Waals surface area contributed by atoms with Gasteiger partial charge in [0.25, 0.3) is 5.69 Å².